The third-order valence-electron chi connectivity index (χ3n) is 3.05. The van der Waals surface area contributed by atoms with E-state index in [2.05, 4.69) is 15.0 Å². The highest BCUT2D eigenvalue weighted by atomic mass is 32.2. The molecule has 2 heterocycles. The summed E-state index contributed by atoms with van der Waals surface area (Å²) in [5.41, 5.74) is 1.89. The van der Waals surface area contributed by atoms with E-state index in [9.17, 15) is 8.42 Å². The van der Waals surface area contributed by atoms with Crippen LogP contribution in [0.25, 0.3) is 0 Å². The molecule has 2 aromatic heterocycles. The summed E-state index contributed by atoms with van der Waals surface area (Å²) in [7, 11) is 0.201. The molecule has 6 nitrogen and oxygen atoms in total. The van der Waals surface area contributed by atoms with E-state index in [0.29, 0.717) is 24.4 Å². The zero-order valence-corrected chi connectivity index (χ0v) is 14.0. The lowest BCUT2D eigenvalue weighted by molar-refractivity contribution is 0.581. The van der Waals surface area contributed by atoms with Crippen LogP contribution in [0, 0.1) is 6.92 Å². The molecule has 0 aliphatic carbocycles. The van der Waals surface area contributed by atoms with Crippen molar-refractivity contribution in [3.8, 4) is 0 Å². The molecule has 0 saturated heterocycles. The van der Waals surface area contributed by atoms with E-state index in [4.69, 9.17) is 0 Å². The first-order valence-corrected chi connectivity index (χ1v) is 8.99. The summed E-state index contributed by atoms with van der Waals surface area (Å²) >= 11 is 1.55. The lowest BCUT2D eigenvalue weighted by Crippen LogP contribution is -2.25. The molecule has 2 rings (SSSR count). The largest absolute Gasteiger partial charge is 0.352 e. The molecular weight excluding hydrogens is 308 g/mol. The fourth-order valence-electron chi connectivity index (χ4n) is 1.97. The molecule has 2 aromatic rings. The van der Waals surface area contributed by atoms with Crippen molar-refractivity contribution in [1.29, 1.82) is 0 Å². The van der Waals surface area contributed by atoms with Crippen molar-refractivity contribution < 1.29 is 8.42 Å². The highest BCUT2D eigenvalue weighted by molar-refractivity contribution is 7.89. The second-order valence-corrected chi connectivity index (χ2v) is 7.55. The van der Waals surface area contributed by atoms with Crippen molar-refractivity contribution in [1.82, 2.24) is 19.6 Å². The van der Waals surface area contributed by atoms with Gasteiger partial charge in [0.05, 0.1) is 9.90 Å². The lowest BCUT2D eigenvalue weighted by atomic mass is 10.4. The topological polar surface area (TPSA) is 76.0 Å². The number of thiazole rings is 1. The Labute approximate surface area is 129 Å². The van der Waals surface area contributed by atoms with Gasteiger partial charge in [0.15, 0.2) is 0 Å². The number of sulfonamides is 1. The van der Waals surface area contributed by atoms with E-state index in [1.54, 1.807) is 23.6 Å². The SMILES string of the molecule is CNCc1cc(S(=O)(=O)NCCc2nc(C)cs2)cn1C. The Bertz CT molecular complexity index is 704. The first-order chi connectivity index (χ1) is 9.92. The molecule has 0 radical (unpaired) electrons. The first kappa shape index (κ1) is 16.2. The molecule has 0 aromatic carbocycles. The fraction of sp³-hybridized carbons (Fsp3) is 0.462. The van der Waals surface area contributed by atoms with Gasteiger partial charge in [-0.3, -0.25) is 0 Å². The second kappa shape index (κ2) is 6.69. The normalized spacial score (nSPS) is 12.0. The summed E-state index contributed by atoms with van der Waals surface area (Å²) in [6.07, 6.45) is 2.23. The standard InChI is InChI=1S/C13H20N4O2S2/c1-10-9-20-13(16-10)4-5-15-21(18,19)12-6-11(7-14-2)17(3)8-12/h6,8-9,14-15H,4-5,7H2,1-3H3. The number of nitrogens with zero attached hydrogens (tertiary/aromatic N) is 2. The number of rotatable bonds is 7. The summed E-state index contributed by atoms with van der Waals surface area (Å²) in [6, 6.07) is 1.69. The molecular formula is C13H20N4O2S2. The fourth-order valence-corrected chi connectivity index (χ4v) is 3.88. The Morgan fingerprint density at radius 2 is 2.19 bits per heavy atom. The highest BCUT2D eigenvalue weighted by Crippen LogP contribution is 2.14. The minimum absolute atomic E-state index is 0.297. The average Bonchev–Trinajstić information content (AvgIpc) is 2.98. The van der Waals surface area contributed by atoms with Gasteiger partial charge in [-0.15, -0.1) is 11.3 Å². The Kier molecular flexibility index (Phi) is 5.15. The van der Waals surface area contributed by atoms with Crippen LogP contribution >= 0.6 is 11.3 Å². The van der Waals surface area contributed by atoms with Gasteiger partial charge < -0.3 is 9.88 Å². The van der Waals surface area contributed by atoms with Gasteiger partial charge in [0.1, 0.15) is 0 Å². The van der Waals surface area contributed by atoms with E-state index in [1.165, 1.54) is 0 Å². The Morgan fingerprint density at radius 3 is 2.81 bits per heavy atom. The van der Waals surface area contributed by atoms with E-state index in [1.807, 2.05) is 31.0 Å². The quantitative estimate of drug-likeness (QED) is 0.796. The van der Waals surface area contributed by atoms with Crippen LogP contribution in [0.15, 0.2) is 22.5 Å². The van der Waals surface area contributed by atoms with Crippen LogP contribution in [0.3, 0.4) is 0 Å². The summed E-state index contributed by atoms with van der Waals surface area (Å²) < 4.78 is 28.9. The molecule has 8 heteroatoms. The average molecular weight is 328 g/mol. The van der Waals surface area contributed by atoms with Gasteiger partial charge in [-0.05, 0) is 20.0 Å². The number of nitrogens with one attached hydrogen (secondary N) is 2. The van der Waals surface area contributed by atoms with Crippen molar-refractivity contribution in [2.75, 3.05) is 13.6 Å². The van der Waals surface area contributed by atoms with Crippen LogP contribution in [0.1, 0.15) is 16.4 Å². The Morgan fingerprint density at radius 1 is 1.43 bits per heavy atom. The molecule has 0 amide bonds. The van der Waals surface area contributed by atoms with Gasteiger partial charge in [0.25, 0.3) is 0 Å². The minimum Gasteiger partial charge on any atom is -0.352 e. The predicted molar refractivity (Wildman–Crippen MR) is 83.9 cm³/mol. The van der Waals surface area contributed by atoms with Crippen LogP contribution in [0.2, 0.25) is 0 Å². The molecule has 0 saturated carbocycles. The molecule has 21 heavy (non-hydrogen) atoms. The maximum atomic E-state index is 12.2. The third-order valence-corrected chi connectivity index (χ3v) is 5.50. The Hall–Kier alpha value is -1.22. The predicted octanol–water partition coefficient (Wildman–Crippen LogP) is 1.03. The summed E-state index contributed by atoms with van der Waals surface area (Å²) in [5, 5.41) is 5.92. The summed E-state index contributed by atoms with van der Waals surface area (Å²) in [4.78, 5) is 4.61. The number of hydrogen-bond donors (Lipinski definition) is 2. The Balaban J connectivity index is 1.99. The van der Waals surface area contributed by atoms with Gasteiger partial charge in [-0.25, -0.2) is 18.1 Å². The maximum Gasteiger partial charge on any atom is 0.242 e. The van der Waals surface area contributed by atoms with Gasteiger partial charge in [-0.2, -0.15) is 0 Å². The van der Waals surface area contributed by atoms with Gasteiger partial charge in [-0.1, -0.05) is 0 Å². The van der Waals surface area contributed by atoms with Crippen molar-refractivity contribution >= 4 is 21.4 Å². The van der Waals surface area contributed by atoms with Crippen molar-refractivity contribution in [2.24, 2.45) is 7.05 Å². The number of aryl methyl sites for hydroxylation is 2. The zero-order chi connectivity index (χ0) is 15.5. The van der Waals surface area contributed by atoms with Crippen LogP contribution in [-0.4, -0.2) is 31.6 Å². The van der Waals surface area contributed by atoms with Crippen molar-refractivity contribution in [3.63, 3.8) is 0 Å². The molecule has 0 unspecified atom stereocenters. The zero-order valence-electron chi connectivity index (χ0n) is 12.4. The van der Waals surface area contributed by atoms with E-state index < -0.39 is 10.0 Å². The van der Waals surface area contributed by atoms with Crippen LogP contribution in [0.5, 0.6) is 0 Å². The summed E-state index contributed by atoms with van der Waals surface area (Å²) in [6.45, 7) is 2.91. The van der Waals surface area contributed by atoms with Gasteiger partial charge in [0.2, 0.25) is 10.0 Å². The molecule has 0 bridgehead atoms. The number of aromatic nitrogens is 2. The highest BCUT2D eigenvalue weighted by Gasteiger charge is 2.17. The van der Waals surface area contributed by atoms with E-state index in [0.717, 1.165) is 16.4 Å². The van der Waals surface area contributed by atoms with Crippen molar-refractivity contribution in [2.45, 2.75) is 24.8 Å². The first-order valence-electron chi connectivity index (χ1n) is 6.63. The molecule has 0 atom stereocenters. The maximum absolute atomic E-state index is 12.2. The smallest absolute Gasteiger partial charge is 0.242 e. The van der Waals surface area contributed by atoms with Gasteiger partial charge >= 0.3 is 0 Å². The third kappa shape index (κ3) is 4.13. The van der Waals surface area contributed by atoms with Crippen LogP contribution < -0.4 is 10.0 Å². The molecule has 2 N–H and O–H groups in total. The van der Waals surface area contributed by atoms with E-state index >= 15 is 0 Å². The molecule has 0 spiro atoms. The van der Waals surface area contributed by atoms with E-state index in [-0.39, 0.29) is 0 Å². The second-order valence-electron chi connectivity index (χ2n) is 4.84. The van der Waals surface area contributed by atoms with Crippen molar-refractivity contribution in [3.05, 3.63) is 34.0 Å². The van der Waals surface area contributed by atoms with Crippen LogP contribution in [-0.2, 0) is 30.0 Å². The van der Waals surface area contributed by atoms with Gasteiger partial charge in [0, 0.05) is 49.5 Å². The molecule has 0 aliphatic heterocycles. The lowest BCUT2D eigenvalue weighted by Gasteiger charge is -2.03. The van der Waals surface area contributed by atoms with Crippen LogP contribution in [0.4, 0.5) is 0 Å². The summed E-state index contributed by atoms with van der Waals surface area (Å²) in [5.74, 6) is 0. The minimum atomic E-state index is -3.47. The number of hydrogen-bond acceptors (Lipinski definition) is 5. The molecule has 116 valence electrons. The molecule has 0 aliphatic rings. The molecule has 0 fully saturated rings. The monoisotopic (exact) mass is 328 g/mol.